The fourth-order valence-corrected chi connectivity index (χ4v) is 1.76. The van der Waals surface area contributed by atoms with Crippen molar-refractivity contribution in [3.63, 3.8) is 0 Å². The molecule has 19 heavy (non-hydrogen) atoms. The smallest absolute Gasteiger partial charge is 0.213 e. The second-order valence-corrected chi connectivity index (χ2v) is 4.41. The molecule has 5 heteroatoms. The summed E-state index contributed by atoms with van der Waals surface area (Å²) in [6.45, 7) is 4.31. The molecule has 108 valence electrons. The van der Waals surface area contributed by atoms with Gasteiger partial charge in [-0.15, -0.1) is 11.6 Å². The van der Waals surface area contributed by atoms with Gasteiger partial charge in [0, 0.05) is 24.8 Å². The number of methoxy groups -OCH3 is 1. The SMILES string of the molecule is CCCc1cc(CCl)cc(OCCOCCOC)n1. The van der Waals surface area contributed by atoms with Gasteiger partial charge in [0.25, 0.3) is 0 Å². The molecule has 1 aromatic heterocycles. The summed E-state index contributed by atoms with van der Waals surface area (Å²) in [5, 5.41) is 0. The Morgan fingerprint density at radius 1 is 1.16 bits per heavy atom. The highest BCUT2D eigenvalue weighted by molar-refractivity contribution is 6.17. The van der Waals surface area contributed by atoms with E-state index < -0.39 is 0 Å². The van der Waals surface area contributed by atoms with Gasteiger partial charge in [0.15, 0.2) is 0 Å². The molecule has 0 bridgehead atoms. The van der Waals surface area contributed by atoms with Crippen molar-refractivity contribution >= 4 is 11.6 Å². The molecule has 0 fully saturated rings. The second kappa shape index (κ2) is 10.0. The molecule has 0 radical (unpaired) electrons. The summed E-state index contributed by atoms with van der Waals surface area (Å²) >= 11 is 5.87. The van der Waals surface area contributed by atoms with Gasteiger partial charge in [-0.05, 0) is 18.1 Å². The van der Waals surface area contributed by atoms with Crippen molar-refractivity contribution in [1.29, 1.82) is 0 Å². The van der Waals surface area contributed by atoms with Crippen LogP contribution in [-0.4, -0.2) is 38.5 Å². The molecule has 0 aliphatic carbocycles. The van der Waals surface area contributed by atoms with Crippen molar-refractivity contribution < 1.29 is 14.2 Å². The zero-order chi connectivity index (χ0) is 13.9. The Balaban J connectivity index is 2.41. The zero-order valence-corrected chi connectivity index (χ0v) is 12.4. The molecular weight excluding hydrogens is 266 g/mol. The van der Waals surface area contributed by atoms with Crippen LogP contribution in [0.5, 0.6) is 5.88 Å². The Labute approximate surface area is 120 Å². The number of pyridine rings is 1. The highest BCUT2D eigenvalue weighted by atomic mass is 35.5. The van der Waals surface area contributed by atoms with Gasteiger partial charge in [0.05, 0.1) is 19.8 Å². The lowest BCUT2D eigenvalue weighted by molar-refractivity contribution is 0.0536. The molecule has 0 spiro atoms. The quantitative estimate of drug-likeness (QED) is 0.490. The van der Waals surface area contributed by atoms with E-state index in [2.05, 4.69) is 11.9 Å². The maximum atomic E-state index is 5.87. The Hall–Kier alpha value is -0.840. The van der Waals surface area contributed by atoms with E-state index in [0.717, 1.165) is 24.1 Å². The summed E-state index contributed by atoms with van der Waals surface area (Å²) in [5.41, 5.74) is 2.06. The number of hydrogen-bond donors (Lipinski definition) is 0. The lowest BCUT2D eigenvalue weighted by Crippen LogP contribution is -2.11. The van der Waals surface area contributed by atoms with E-state index in [-0.39, 0.29) is 0 Å². The van der Waals surface area contributed by atoms with E-state index in [9.17, 15) is 0 Å². The molecule has 0 aliphatic heterocycles. The summed E-state index contributed by atoms with van der Waals surface area (Å²) in [5.74, 6) is 1.09. The first-order valence-corrected chi connectivity index (χ1v) is 7.08. The van der Waals surface area contributed by atoms with Crippen LogP contribution in [0.25, 0.3) is 0 Å². The second-order valence-electron chi connectivity index (χ2n) is 4.14. The third-order valence-corrected chi connectivity index (χ3v) is 2.79. The van der Waals surface area contributed by atoms with Crippen molar-refractivity contribution in [2.75, 3.05) is 33.5 Å². The lowest BCUT2D eigenvalue weighted by atomic mass is 10.2. The maximum absolute atomic E-state index is 5.87. The average molecular weight is 288 g/mol. The molecule has 0 N–H and O–H groups in total. The lowest BCUT2D eigenvalue weighted by Gasteiger charge is -2.09. The minimum Gasteiger partial charge on any atom is -0.475 e. The molecule has 0 aliphatic rings. The van der Waals surface area contributed by atoms with Crippen molar-refractivity contribution in [1.82, 2.24) is 4.98 Å². The van der Waals surface area contributed by atoms with Gasteiger partial charge >= 0.3 is 0 Å². The number of aryl methyl sites for hydroxylation is 1. The molecule has 4 nitrogen and oxygen atoms in total. The van der Waals surface area contributed by atoms with Crippen LogP contribution in [0, 0.1) is 0 Å². The van der Waals surface area contributed by atoms with E-state index in [1.807, 2.05) is 12.1 Å². The largest absolute Gasteiger partial charge is 0.475 e. The first kappa shape index (κ1) is 16.2. The number of aromatic nitrogens is 1. The van der Waals surface area contributed by atoms with Crippen LogP contribution in [0.1, 0.15) is 24.6 Å². The predicted molar refractivity (Wildman–Crippen MR) is 76.0 cm³/mol. The molecular formula is C14H22ClNO3. The van der Waals surface area contributed by atoms with Crippen molar-refractivity contribution in [2.24, 2.45) is 0 Å². The molecule has 1 rings (SSSR count). The number of hydrogen-bond acceptors (Lipinski definition) is 4. The van der Waals surface area contributed by atoms with E-state index in [1.54, 1.807) is 7.11 Å². The Kier molecular flexibility index (Phi) is 8.54. The number of halogens is 1. The van der Waals surface area contributed by atoms with Crippen LogP contribution >= 0.6 is 11.6 Å². The maximum Gasteiger partial charge on any atom is 0.213 e. The summed E-state index contributed by atoms with van der Waals surface area (Å²) in [6, 6.07) is 3.90. The molecule has 0 unspecified atom stereocenters. The standard InChI is InChI=1S/C14H22ClNO3/c1-3-4-13-9-12(11-15)10-14(16-13)19-8-7-18-6-5-17-2/h9-10H,3-8,11H2,1-2H3. The molecule has 0 aromatic carbocycles. The van der Waals surface area contributed by atoms with Crippen molar-refractivity contribution in [3.8, 4) is 5.88 Å². The Bertz CT molecular complexity index is 361. The number of rotatable bonds is 10. The summed E-state index contributed by atoms with van der Waals surface area (Å²) < 4.78 is 15.8. The van der Waals surface area contributed by atoms with Gasteiger partial charge in [-0.2, -0.15) is 0 Å². The van der Waals surface area contributed by atoms with Crippen LogP contribution in [0.3, 0.4) is 0 Å². The molecule has 1 heterocycles. The Morgan fingerprint density at radius 2 is 1.95 bits per heavy atom. The van der Waals surface area contributed by atoms with Crippen LogP contribution in [0.15, 0.2) is 12.1 Å². The minimum absolute atomic E-state index is 0.472. The molecule has 0 atom stereocenters. The Morgan fingerprint density at radius 3 is 2.63 bits per heavy atom. The highest BCUT2D eigenvalue weighted by Crippen LogP contribution is 2.15. The summed E-state index contributed by atoms with van der Waals surface area (Å²) in [4.78, 5) is 4.44. The van der Waals surface area contributed by atoms with Crippen LogP contribution < -0.4 is 4.74 Å². The molecule has 0 saturated carbocycles. The number of nitrogens with zero attached hydrogens (tertiary/aromatic N) is 1. The van der Waals surface area contributed by atoms with E-state index >= 15 is 0 Å². The van der Waals surface area contributed by atoms with Gasteiger partial charge in [0.1, 0.15) is 6.61 Å². The fourth-order valence-electron chi connectivity index (χ4n) is 1.61. The van der Waals surface area contributed by atoms with Crippen LogP contribution in [-0.2, 0) is 21.8 Å². The van der Waals surface area contributed by atoms with Gasteiger partial charge in [-0.25, -0.2) is 4.98 Å². The summed E-state index contributed by atoms with van der Waals surface area (Å²) in [6.07, 6.45) is 1.99. The fraction of sp³-hybridized carbons (Fsp3) is 0.643. The third kappa shape index (κ3) is 6.76. The van der Waals surface area contributed by atoms with E-state index in [1.165, 1.54) is 0 Å². The normalized spacial score (nSPS) is 10.7. The van der Waals surface area contributed by atoms with Crippen LogP contribution in [0.2, 0.25) is 0 Å². The van der Waals surface area contributed by atoms with E-state index in [4.69, 9.17) is 25.8 Å². The topological polar surface area (TPSA) is 40.6 Å². The van der Waals surface area contributed by atoms with Gasteiger partial charge in [-0.1, -0.05) is 13.3 Å². The predicted octanol–water partition coefficient (Wildman–Crippen LogP) is 2.81. The molecule has 1 aromatic rings. The monoisotopic (exact) mass is 287 g/mol. The minimum atomic E-state index is 0.472. The van der Waals surface area contributed by atoms with E-state index in [0.29, 0.717) is 38.2 Å². The van der Waals surface area contributed by atoms with Crippen molar-refractivity contribution in [2.45, 2.75) is 25.6 Å². The summed E-state index contributed by atoms with van der Waals surface area (Å²) in [7, 11) is 1.65. The number of ether oxygens (including phenoxy) is 3. The molecule has 0 saturated heterocycles. The third-order valence-electron chi connectivity index (χ3n) is 2.48. The zero-order valence-electron chi connectivity index (χ0n) is 11.7. The average Bonchev–Trinajstić information content (AvgIpc) is 2.43. The van der Waals surface area contributed by atoms with Crippen molar-refractivity contribution in [3.05, 3.63) is 23.4 Å². The van der Waals surface area contributed by atoms with Crippen LogP contribution in [0.4, 0.5) is 0 Å². The highest BCUT2D eigenvalue weighted by Gasteiger charge is 2.03. The first-order chi connectivity index (χ1) is 9.30. The first-order valence-electron chi connectivity index (χ1n) is 6.55. The molecule has 0 amide bonds. The van der Waals surface area contributed by atoms with Gasteiger partial charge < -0.3 is 14.2 Å². The van der Waals surface area contributed by atoms with Gasteiger partial charge in [-0.3, -0.25) is 0 Å². The number of alkyl halides is 1. The van der Waals surface area contributed by atoms with Gasteiger partial charge in [0.2, 0.25) is 5.88 Å².